The predicted octanol–water partition coefficient (Wildman–Crippen LogP) is 4.56. The summed E-state index contributed by atoms with van der Waals surface area (Å²) in [6, 6.07) is 8.03. The first-order chi connectivity index (χ1) is 12.4. The SMILES string of the molecule is CCCCOC(=O)c1c(C)oc2ccc(NS(=O)(=O)c3cccs3)cc12. The van der Waals surface area contributed by atoms with Gasteiger partial charge in [-0.1, -0.05) is 19.4 Å². The van der Waals surface area contributed by atoms with E-state index >= 15 is 0 Å². The number of benzene rings is 1. The van der Waals surface area contributed by atoms with Crippen molar-refractivity contribution >= 4 is 44.0 Å². The van der Waals surface area contributed by atoms with Gasteiger partial charge in [-0.25, -0.2) is 13.2 Å². The maximum Gasteiger partial charge on any atom is 0.342 e. The van der Waals surface area contributed by atoms with E-state index in [1.54, 1.807) is 36.6 Å². The normalized spacial score (nSPS) is 11.6. The molecule has 1 aromatic carbocycles. The van der Waals surface area contributed by atoms with Gasteiger partial charge in [-0.2, -0.15) is 0 Å². The van der Waals surface area contributed by atoms with Gasteiger partial charge in [0.1, 0.15) is 21.1 Å². The number of aryl methyl sites for hydroxylation is 1. The molecule has 0 aliphatic carbocycles. The second-order valence-electron chi connectivity index (χ2n) is 5.77. The van der Waals surface area contributed by atoms with Crippen molar-refractivity contribution < 1.29 is 22.4 Å². The highest BCUT2D eigenvalue weighted by molar-refractivity contribution is 7.94. The third-order valence-corrected chi connectivity index (χ3v) is 6.59. The summed E-state index contributed by atoms with van der Waals surface area (Å²) in [6.45, 7) is 4.04. The monoisotopic (exact) mass is 393 g/mol. The average Bonchev–Trinajstić information content (AvgIpc) is 3.22. The number of esters is 1. The molecule has 0 amide bonds. The van der Waals surface area contributed by atoms with Crippen LogP contribution >= 0.6 is 11.3 Å². The first-order valence-corrected chi connectivity index (χ1v) is 10.5. The minimum Gasteiger partial charge on any atom is -0.462 e. The Labute approximate surface area is 155 Å². The van der Waals surface area contributed by atoms with E-state index in [1.165, 1.54) is 6.07 Å². The fourth-order valence-electron chi connectivity index (χ4n) is 2.54. The maximum atomic E-state index is 12.4. The second-order valence-corrected chi connectivity index (χ2v) is 8.63. The molecule has 0 saturated carbocycles. The smallest absolute Gasteiger partial charge is 0.342 e. The Bertz CT molecular complexity index is 1020. The van der Waals surface area contributed by atoms with Gasteiger partial charge in [0, 0.05) is 11.1 Å². The summed E-state index contributed by atoms with van der Waals surface area (Å²) in [7, 11) is -3.66. The van der Waals surface area contributed by atoms with Crippen molar-refractivity contribution in [3.8, 4) is 0 Å². The van der Waals surface area contributed by atoms with Gasteiger partial charge >= 0.3 is 5.97 Å². The van der Waals surface area contributed by atoms with Crippen LogP contribution in [0.1, 0.15) is 35.9 Å². The molecule has 0 spiro atoms. The summed E-state index contributed by atoms with van der Waals surface area (Å²) in [5, 5.41) is 2.22. The van der Waals surface area contributed by atoms with Gasteiger partial charge in [-0.15, -0.1) is 11.3 Å². The Morgan fingerprint density at radius 1 is 1.31 bits per heavy atom. The molecule has 0 aliphatic rings. The van der Waals surface area contributed by atoms with E-state index in [0.717, 1.165) is 24.2 Å². The lowest BCUT2D eigenvalue weighted by molar-refractivity contribution is 0.0500. The summed E-state index contributed by atoms with van der Waals surface area (Å²) in [4.78, 5) is 12.4. The third kappa shape index (κ3) is 3.76. The van der Waals surface area contributed by atoms with Gasteiger partial charge in [0.15, 0.2) is 0 Å². The molecule has 0 atom stereocenters. The first kappa shape index (κ1) is 18.5. The van der Waals surface area contributed by atoms with Crippen LogP contribution in [0, 0.1) is 6.92 Å². The number of ether oxygens (including phenoxy) is 1. The molecule has 26 heavy (non-hydrogen) atoms. The minimum absolute atomic E-state index is 0.222. The van der Waals surface area contributed by atoms with Crippen LogP contribution in [0.4, 0.5) is 5.69 Å². The van der Waals surface area contributed by atoms with E-state index in [0.29, 0.717) is 34.6 Å². The predicted molar refractivity (Wildman–Crippen MR) is 101 cm³/mol. The molecule has 1 N–H and O–H groups in total. The highest BCUT2D eigenvalue weighted by Crippen LogP contribution is 2.30. The van der Waals surface area contributed by atoms with Gasteiger partial charge < -0.3 is 9.15 Å². The zero-order valence-corrected chi connectivity index (χ0v) is 16.1. The van der Waals surface area contributed by atoms with Crippen LogP contribution in [0.3, 0.4) is 0 Å². The number of nitrogens with one attached hydrogen (secondary N) is 1. The van der Waals surface area contributed by atoms with Crippen molar-refractivity contribution in [3.63, 3.8) is 0 Å². The Hall–Kier alpha value is -2.32. The van der Waals surface area contributed by atoms with Crippen LogP contribution in [0.15, 0.2) is 44.3 Å². The Morgan fingerprint density at radius 3 is 2.81 bits per heavy atom. The van der Waals surface area contributed by atoms with E-state index in [-0.39, 0.29) is 4.21 Å². The molecule has 3 rings (SSSR count). The first-order valence-electron chi connectivity index (χ1n) is 8.19. The fraction of sp³-hybridized carbons (Fsp3) is 0.278. The zero-order chi connectivity index (χ0) is 18.7. The lowest BCUT2D eigenvalue weighted by Gasteiger charge is -2.07. The topological polar surface area (TPSA) is 85.6 Å². The fourth-order valence-corrected chi connectivity index (χ4v) is 4.58. The zero-order valence-electron chi connectivity index (χ0n) is 14.4. The number of hydrogen-bond acceptors (Lipinski definition) is 6. The number of hydrogen-bond donors (Lipinski definition) is 1. The van der Waals surface area contributed by atoms with E-state index in [4.69, 9.17) is 9.15 Å². The number of furan rings is 1. The van der Waals surface area contributed by atoms with Crippen molar-refractivity contribution in [1.29, 1.82) is 0 Å². The number of unbranched alkanes of at least 4 members (excludes halogenated alkanes) is 1. The summed E-state index contributed by atoms with van der Waals surface area (Å²) in [5.41, 5.74) is 1.19. The number of rotatable bonds is 7. The van der Waals surface area contributed by atoms with Crippen molar-refractivity contribution in [3.05, 3.63) is 47.0 Å². The van der Waals surface area contributed by atoms with E-state index in [2.05, 4.69) is 4.72 Å². The Balaban J connectivity index is 1.93. The molecule has 0 aliphatic heterocycles. The second kappa shape index (κ2) is 7.51. The number of fused-ring (bicyclic) bond motifs is 1. The van der Waals surface area contributed by atoms with Crippen LogP contribution in [-0.2, 0) is 14.8 Å². The molecule has 0 bridgehead atoms. The number of carbonyl (C=O) groups is 1. The number of thiophene rings is 1. The molecule has 0 radical (unpaired) electrons. The highest BCUT2D eigenvalue weighted by Gasteiger charge is 2.21. The van der Waals surface area contributed by atoms with Gasteiger partial charge in [0.05, 0.1) is 6.61 Å². The van der Waals surface area contributed by atoms with E-state index in [1.807, 2.05) is 6.92 Å². The molecule has 8 heteroatoms. The molecule has 0 saturated heterocycles. The molecule has 6 nitrogen and oxygen atoms in total. The summed E-state index contributed by atoms with van der Waals surface area (Å²) >= 11 is 1.13. The Kier molecular flexibility index (Phi) is 5.33. The largest absolute Gasteiger partial charge is 0.462 e. The van der Waals surface area contributed by atoms with Crippen LogP contribution in [-0.4, -0.2) is 21.0 Å². The third-order valence-electron chi connectivity index (χ3n) is 3.81. The molecule has 138 valence electrons. The summed E-state index contributed by atoms with van der Waals surface area (Å²) < 4.78 is 38.4. The van der Waals surface area contributed by atoms with Crippen molar-refractivity contribution in [2.75, 3.05) is 11.3 Å². The quantitative estimate of drug-likeness (QED) is 0.470. The molecule has 3 aromatic rings. The molecular formula is C18H19NO5S2. The summed E-state index contributed by atoms with van der Waals surface area (Å²) in [5.74, 6) is -0.0206. The highest BCUT2D eigenvalue weighted by atomic mass is 32.2. The van der Waals surface area contributed by atoms with Crippen molar-refractivity contribution in [2.24, 2.45) is 0 Å². The number of anilines is 1. The maximum absolute atomic E-state index is 12.4. The molecular weight excluding hydrogens is 374 g/mol. The molecule has 2 heterocycles. The molecule has 0 unspecified atom stereocenters. The van der Waals surface area contributed by atoms with Crippen LogP contribution in [0.2, 0.25) is 0 Å². The number of carbonyl (C=O) groups excluding carboxylic acids is 1. The van der Waals surface area contributed by atoms with Crippen LogP contribution in [0.5, 0.6) is 0 Å². The van der Waals surface area contributed by atoms with Gasteiger partial charge in [-0.3, -0.25) is 4.72 Å². The molecule has 0 fully saturated rings. The summed E-state index contributed by atoms with van der Waals surface area (Å²) in [6.07, 6.45) is 1.71. The van der Waals surface area contributed by atoms with Crippen molar-refractivity contribution in [1.82, 2.24) is 0 Å². The number of sulfonamides is 1. The van der Waals surface area contributed by atoms with Gasteiger partial charge in [-0.05, 0) is 43.0 Å². The lowest BCUT2D eigenvalue weighted by atomic mass is 10.1. The van der Waals surface area contributed by atoms with Crippen molar-refractivity contribution in [2.45, 2.75) is 30.9 Å². The standard InChI is InChI=1S/C18H19NO5S2/c1-3-4-9-23-18(20)17-12(2)24-15-8-7-13(11-14(15)17)19-26(21,22)16-6-5-10-25-16/h5-8,10-11,19H,3-4,9H2,1-2H3. The van der Waals surface area contributed by atoms with Crippen LogP contribution < -0.4 is 4.72 Å². The molecule has 2 aromatic heterocycles. The minimum atomic E-state index is -3.66. The van der Waals surface area contributed by atoms with E-state index < -0.39 is 16.0 Å². The van der Waals surface area contributed by atoms with Gasteiger partial charge in [0.2, 0.25) is 0 Å². The average molecular weight is 393 g/mol. The van der Waals surface area contributed by atoms with E-state index in [9.17, 15) is 13.2 Å². The Morgan fingerprint density at radius 2 is 2.12 bits per heavy atom. The van der Waals surface area contributed by atoms with Gasteiger partial charge in [0.25, 0.3) is 10.0 Å². The lowest BCUT2D eigenvalue weighted by Crippen LogP contribution is -2.11. The van der Waals surface area contributed by atoms with Crippen LogP contribution in [0.25, 0.3) is 11.0 Å².